The molecule has 40 heavy (non-hydrogen) atoms. The summed E-state index contributed by atoms with van der Waals surface area (Å²) in [4.78, 5) is 39.4. The number of allylic oxidation sites excluding steroid dienone is 1. The SMILES string of the molecule is CC(=O)OC(C)(C)CCC(=O)[C@](C)(O)[C@H]1[C@H](O)C[C@@]2(C)[C@@H]3CC=C4[C@@H](C[C@@H](O)[C@@H](O)C4(C)C)[C@]3(C)C(=O)C[C@]12C. The summed E-state index contributed by atoms with van der Waals surface area (Å²) in [6.45, 7) is 16.1. The highest BCUT2D eigenvalue weighted by Gasteiger charge is 2.74. The van der Waals surface area contributed by atoms with Crippen LogP contribution in [0.4, 0.5) is 0 Å². The molecule has 0 amide bonds. The van der Waals surface area contributed by atoms with Crippen LogP contribution in [-0.4, -0.2) is 67.5 Å². The van der Waals surface area contributed by atoms with Crippen LogP contribution in [0.2, 0.25) is 0 Å². The Labute approximate surface area is 238 Å². The normalized spacial score (nSPS) is 44.0. The number of ketones is 2. The Morgan fingerprint density at radius 3 is 2.20 bits per heavy atom. The molecular formula is C32H50O8. The van der Waals surface area contributed by atoms with E-state index >= 15 is 0 Å². The van der Waals surface area contributed by atoms with Gasteiger partial charge in [-0.05, 0) is 69.1 Å². The molecule has 3 saturated carbocycles. The smallest absolute Gasteiger partial charge is 0.303 e. The topological polar surface area (TPSA) is 141 Å². The summed E-state index contributed by atoms with van der Waals surface area (Å²) in [6, 6.07) is 0. The second-order valence-corrected chi connectivity index (χ2v) is 15.4. The molecule has 0 bridgehead atoms. The predicted octanol–water partition coefficient (Wildman–Crippen LogP) is 3.52. The first-order chi connectivity index (χ1) is 18.1. The van der Waals surface area contributed by atoms with Gasteiger partial charge in [0.05, 0.1) is 18.3 Å². The minimum absolute atomic E-state index is 0.0193. The molecule has 226 valence electrons. The maximum absolute atomic E-state index is 14.3. The molecule has 0 spiro atoms. The molecule has 10 atom stereocenters. The van der Waals surface area contributed by atoms with Gasteiger partial charge in [0.1, 0.15) is 17.0 Å². The Kier molecular flexibility index (Phi) is 7.40. The molecule has 4 rings (SSSR count). The van der Waals surface area contributed by atoms with Crippen LogP contribution >= 0.6 is 0 Å². The molecule has 0 heterocycles. The van der Waals surface area contributed by atoms with E-state index in [1.165, 1.54) is 13.8 Å². The molecule has 0 radical (unpaired) electrons. The second-order valence-electron chi connectivity index (χ2n) is 15.4. The van der Waals surface area contributed by atoms with E-state index in [4.69, 9.17) is 4.74 Å². The van der Waals surface area contributed by atoms with Gasteiger partial charge >= 0.3 is 5.97 Å². The fourth-order valence-corrected chi connectivity index (χ4v) is 9.83. The lowest BCUT2D eigenvalue weighted by atomic mass is 9.38. The average Bonchev–Trinajstić information content (AvgIpc) is 3.01. The number of hydrogen-bond acceptors (Lipinski definition) is 8. The van der Waals surface area contributed by atoms with Crippen molar-refractivity contribution >= 4 is 17.5 Å². The van der Waals surface area contributed by atoms with Crippen LogP contribution in [0.3, 0.4) is 0 Å². The molecule has 0 aromatic heterocycles. The zero-order valence-electron chi connectivity index (χ0n) is 25.7. The highest BCUT2D eigenvalue weighted by Crippen LogP contribution is 2.74. The summed E-state index contributed by atoms with van der Waals surface area (Å²) in [5.74, 6) is -2.15. The summed E-state index contributed by atoms with van der Waals surface area (Å²) in [5, 5.41) is 45.0. The molecule has 4 N–H and O–H groups in total. The van der Waals surface area contributed by atoms with Gasteiger partial charge in [0.2, 0.25) is 0 Å². The van der Waals surface area contributed by atoms with E-state index in [0.717, 1.165) is 5.57 Å². The van der Waals surface area contributed by atoms with Gasteiger partial charge in [-0.15, -0.1) is 0 Å². The summed E-state index contributed by atoms with van der Waals surface area (Å²) in [7, 11) is 0. The van der Waals surface area contributed by atoms with Gasteiger partial charge in [0.15, 0.2) is 5.78 Å². The van der Waals surface area contributed by atoms with Crippen molar-refractivity contribution in [2.24, 2.45) is 39.4 Å². The van der Waals surface area contributed by atoms with Crippen LogP contribution in [0.1, 0.15) is 101 Å². The third kappa shape index (κ3) is 4.26. The van der Waals surface area contributed by atoms with Crippen molar-refractivity contribution < 1.29 is 39.5 Å². The van der Waals surface area contributed by atoms with E-state index in [2.05, 4.69) is 13.0 Å². The van der Waals surface area contributed by atoms with Crippen LogP contribution in [-0.2, 0) is 19.1 Å². The van der Waals surface area contributed by atoms with Gasteiger partial charge < -0.3 is 25.2 Å². The zero-order valence-corrected chi connectivity index (χ0v) is 25.7. The number of aliphatic hydroxyl groups is 4. The molecule has 8 heteroatoms. The maximum Gasteiger partial charge on any atom is 0.303 e. The van der Waals surface area contributed by atoms with Crippen molar-refractivity contribution in [3.8, 4) is 0 Å². The van der Waals surface area contributed by atoms with Gasteiger partial charge in [-0.3, -0.25) is 14.4 Å². The Hall–Kier alpha value is -1.61. The number of rotatable bonds is 6. The van der Waals surface area contributed by atoms with Gasteiger partial charge in [-0.1, -0.05) is 46.3 Å². The van der Waals surface area contributed by atoms with Gasteiger partial charge in [0.25, 0.3) is 0 Å². The number of carbonyl (C=O) groups excluding carboxylic acids is 3. The van der Waals surface area contributed by atoms with Crippen LogP contribution in [0.25, 0.3) is 0 Å². The van der Waals surface area contributed by atoms with E-state index in [0.29, 0.717) is 19.3 Å². The summed E-state index contributed by atoms with van der Waals surface area (Å²) < 4.78 is 5.32. The summed E-state index contributed by atoms with van der Waals surface area (Å²) >= 11 is 0. The fraction of sp³-hybridized carbons (Fsp3) is 0.844. The first kappa shape index (κ1) is 31.3. The highest BCUT2D eigenvalue weighted by atomic mass is 16.6. The van der Waals surface area contributed by atoms with Crippen molar-refractivity contribution in [1.82, 2.24) is 0 Å². The molecule has 0 saturated heterocycles. The number of fused-ring (bicyclic) bond motifs is 5. The van der Waals surface area contributed by atoms with Crippen LogP contribution in [0, 0.1) is 39.4 Å². The quantitative estimate of drug-likeness (QED) is 0.285. The predicted molar refractivity (Wildman–Crippen MR) is 149 cm³/mol. The van der Waals surface area contributed by atoms with Crippen molar-refractivity contribution in [2.45, 2.75) is 130 Å². The number of Topliss-reactive ketones (excluding diaryl/α,β-unsaturated/α-hetero) is 2. The van der Waals surface area contributed by atoms with Crippen LogP contribution in [0.5, 0.6) is 0 Å². The van der Waals surface area contributed by atoms with Gasteiger partial charge in [-0.25, -0.2) is 0 Å². The first-order valence-electron chi connectivity index (χ1n) is 14.8. The molecule has 4 aliphatic rings. The Balaban J connectivity index is 1.70. The Morgan fingerprint density at radius 2 is 1.62 bits per heavy atom. The Morgan fingerprint density at radius 1 is 1.02 bits per heavy atom. The first-order valence-corrected chi connectivity index (χ1v) is 14.8. The van der Waals surface area contributed by atoms with E-state index in [1.54, 1.807) is 13.8 Å². The monoisotopic (exact) mass is 562 g/mol. The minimum atomic E-state index is -1.89. The van der Waals surface area contributed by atoms with E-state index in [1.807, 2.05) is 27.7 Å². The third-order valence-corrected chi connectivity index (χ3v) is 12.2. The lowest BCUT2D eigenvalue weighted by molar-refractivity contribution is -0.188. The van der Waals surface area contributed by atoms with Crippen molar-refractivity contribution in [2.75, 3.05) is 0 Å². The van der Waals surface area contributed by atoms with Crippen molar-refractivity contribution in [3.63, 3.8) is 0 Å². The van der Waals surface area contributed by atoms with Crippen molar-refractivity contribution in [1.29, 1.82) is 0 Å². The van der Waals surface area contributed by atoms with Crippen LogP contribution in [0.15, 0.2) is 11.6 Å². The fourth-order valence-electron chi connectivity index (χ4n) is 9.83. The zero-order chi connectivity index (χ0) is 30.4. The standard InChI is InChI=1S/C32H50O8/c1-17(33)40-27(2,3)13-12-23(36)32(9,39)25-21(35)15-29(6)22-11-10-18-19(14-20(34)26(38)28(18,4)5)31(22,8)24(37)16-30(25,29)7/h10,19-22,25-26,34-35,38-39H,11-16H2,1-9H3/t19-,20-,21-,22+,25+,26-,29+,30-,31+,32+/m1/s1. The molecule has 3 fully saturated rings. The molecule has 0 aromatic rings. The highest BCUT2D eigenvalue weighted by molar-refractivity contribution is 5.90. The van der Waals surface area contributed by atoms with Gasteiger partial charge in [-0.2, -0.15) is 0 Å². The third-order valence-electron chi connectivity index (χ3n) is 12.2. The molecule has 0 unspecified atom stereocenters. The lowest BCUT2D eigenvalue weighted by Gasteiger charge is -2.65. The number of esters is 1. The largest absolute Gasteiger partial charge is 0.460 e. The second kappa shape index (κ2) is 9.45. The number of ether oxygens (including phenoxy) is 1. The van der Waals surface area contributed by atoms with E-state index in [-0.39, 0.29) is 36.9 Å². The maximum atomic E-state index is 14.3. The number of carbonyl (C=O) groups is 3. The minimum Gasteiger partial charge on any atom is -0.460 e. The van der Waals surface area contributed by atoms with Crippen molar-refractivity contribution in [3.05, 3.63) is 11.6 Å². The lowest BCUT2D eigenvalue weighted by Crippen LogP contribution is -2.65. The molecule has 8 nitrogen and oxygen atoms in total. The molecular weight excluding hydrogens is 512 g/mol. The van der Waals surface area contributed by atoms with E-state index < -0.39 is 68.8 Å². The molecule has 0 aliphatic heterocycles. The number of aliphatic hydroxyl groups excluding tert-OH is 3. The summed E-state index contributed by atoms with van der Waals surface area (Å²) in [6.07, 6.45) is 0.776. The van der Waals surface area contributed by atoms with Gasteiger partial charge in [0, 0.05) is 36.5 Å². The Bertz CT molecular complexity index is 1120. The number of hydrogen-bond donors (Lipinski definition) is 4. The van der Waals surface area contributed by atoms with Crippen LogP contribution < -0.4 is 0 Å². The van der Waals surface area contributed by atoms with E-state index in [9.17, 15) is 34.8 Å². The molecule has 4 aliphatic carbocycles. The average molecular weight is 563 g/mol. The summed E-state index contributed by atoms with van der Waals surface area (Å²) in [5.41, 5.74) is -4.68. The molecule has 0 aromatic carbocycles.